The Morgan fingerprint density at radius 3 is 2.26 bits per heavy atom. The minimum absolute atomic E-state index is 0.139. The van der Waals surface area contributed by atoms with Gasteiger partial charge in [-0.1, -0.05) is 42.5 Å². The number of nitrogens with zero attached hydrogens (tertiary/aromatic N) is 1. The molecule has 0 aliphatic rings. The van der Waals surface area contributed by atoms with Crippen LogP contribution in [0, 0.1) is 18.6 Å². The van der Waals surface area contributed by atoms with E-state index in [2.05, 4.69) is 4.98 Å². The topological polar surface area (TPSA) is 94.7 Å². The number of ether oxygens (including phenoxy) is 2. The quantitative estimate of drug-likeness (QED) is 0.346. The number of hydrogen-bond acceptors (Lipinski definition) is 5. The highest BCUT2D eigenvalue weighted by atomic mass is 19.1. The molecule has 4 rings (SSSR count). The highest BCUT2D eigenvalue weighted by molar-refractivity contribution is 5.90. The van der Waals surface area contributed by atoms with Crippen molar-refractivity contribution < 1.29 is 28.2 Å². The van der Waals surface area contributed by atoms with E-state index in [0.29, 0.717) is 6.54 Å². The smallest absolute Gasteiger partial charge is 0.339 e. The van der Waals surface area contributed by atoms with E-state index in [4.69, 9.17) is 15.2 Å². The molecule has 0 aliphatic carbocycles. The number of hydrogen-bond donors (Lipinski definition) is 2. The number of halogens is 2. The van der Waals surface area contributed by atoms with Crippen molar-refractivity contribution >= 4 is 5.97 Å². The molecule has 0 bridgehead atoms. The number of aromatic carboxylic acids is 1. The van der Waals surface area contributed by atoms with Gasteiger partial charge in [-0.3, -0.25) is 0 Å². The summed E-state index contributed by atoms with van der Waals surface area (Å²) in [6.45, 7) is 1.60. The molecule has 0 amide bonds. The van der Waals surface area contributed by atoms with Gasteiger partial charge in [0, 0.05) is 12.1 Å². The molecule has 34 heavy (non-hydrogen) atoms. The lowest BCUT2D eigenvalue weighted by Crippen LogP contribution is -2.05. The average Bonchev–Trinajstić information content (AvgIpc) is 2.86. The third-order valence-corrected chi connectivity index (χ3v) is 5.11. The average molecular weight is 462 g/mol. The van der Waals surface area contributed by atoms with Gasteiger partial charge in [0.1, 0.15) is 17.1 Å². The third kappa shape index (κ3) is 4.72. The van der Waals surface area contributed by atoms with E-state index in [9.17, 15) is 18.7 Å². The van der Waals surface area contributed by atoms with Crippen LogP contribution in [-0.2, 0) is 6.54 Å². The molecule has 0 spiro atoms. The summed E-state index contributed by atoms with van der Waals surface area (Å²) in [7, 11) is 0. The van der Waals surface area contributed by atoms with Crippen molar-refractivity contribution in [3.05, 3.63) is 101 Å². The zero-order valence-corrected chi connectivity index (χ0v) is 18.1. The van der Waals surface area contributed by atoms with Crippen LogP contribution in [0.5, 0.6) is 23.3 Å². The van der Waals surface area contributed by atoms with Gasteiger partial charge in [-0.15, -0.1) is 0 Å². The predicted molar refractivity (Wildman–Crippen MR) is 122 cm³/mol. The summed E-state index contributed by atoms with van der Waals surface area (Å²) >= 11 is 0. The normalized spacial score (nSPS) is 10.7. The Bertz CT molecular complexity index is 1380. The number of carboxylic acids is 1. The molecular formula is C26H20F2N2O4. The van der Waals surface area contributed by atoms with Crippen LogP contribution in [0.1, 0.15) is 21.5 Å². The van der Waals surface area contributed by atoms with Crippen LogP contribution in [0.25, 0.3) is 11.1 Å². The predicted octanol–water partition coefficient (Wildman–Crippen LogP) is 6.08. The molecule has 0 unspecified atom stereocenters. The van der Waals surface area contributed by atoms with Crippen molar-refractivity contribution in [2.75, 3.05) is 0 Å². The minimum Gasteiger partial charge on any atom is -0.478 e. The number of carboxylic acid groups (broad SMARTS) is 1. The molecule has 172 valence electrons. The van der Waals surface area contributed by atoms with Gasteiger partial charge in [0.25, 0.3) is 11.8 Å². The van der Waals surface area contributed by atoms with Gasteiger partial charge < -0.3 is 20.3 Å². The van der Waals surface area contributed by atoms with Gasteiger partial charge >= 0.3 is 5.97 Å². The van der Waals surface area contributed by atoms with E-state index >= 15 is 0 Å². The van der Waals surface area contributed by atoms with Crippen LogP contribution in [0.15, 0.2) is 72.8 Å². The molecule has 0 fully saturated rings. The SMILES string of the molecule is Cc1c(F)c(Oc2cccc(-c3cccc(CN)c3)c2)nc(Oc2ccccc2C(=O)O)c1F. The van der Waals surface area contributed by atoms with E-state index < -0.39 is 29.4 Å². The fraction of sp³-hybridized carbons (Fsp3) is 0.0769. The lowest BCUT2D eigenvalue weighted by atomic mass is 10.0. The Labute approximate surface area is 194 Å². The van der Waals surface area contributed by atoms with Crippen molar-refractivity contribution in [2.45, 2.75) is 13.5 Å². The molecule has 0 atom stereocenters. The number of pyridine rings is 1. The number of carbonyl (C=O) groups is 1. The lowest BCUT2D eigenvalue weighted by molar-refractivity contribution is 0.0694. The lowest BCUT2D eigenvalue weighted by Gasteiger charge is -2.14. The van der Waals surface area contributed by atoms with Gasteiger partial charge in [-0.25, -0.2) is 13.6 Å². The summed E-state index contributed by atoms with van der Waals surface area (Å²) in [4.78, 5) is 15.3. The minimum atomic E-state index is -1.26. The first-order valence-electron chi connectivity index (χ1n) is 10.3. The van der Waals surface area contributed by atoms with Gasteiger partial charge in [0.15, 0.2) is 11.6 Å². The first kappa shape index (κ1) is 22.9. The molecule has 3 aromatic carbocycles. The Morgan fingerprint density at radius 1 is 0.912 bits per heavy atom. The second kappa shape index (κ2) is 9.68. The zero-order valence-electron chi connectivity index (χ0n) is 18.1. The molecule has 0 saturated heterocycles. The maximum Gasteiger partial charge on any atom is 0.339 e. The molecule has 8 heteroatoms. The fourth-order valence-electron chi connectivity index (χ4n) is 3.31. The molecule has 0 saturated carbocycles. The molecule has 6 nitrogen and oxygen atoms in total. The summed E-state index contributed by atoms with van der Waals surface area (Å²) in [6.07, 6.45) is 0. The van der Waals surface area contributed by atoms with Crippen LogP contribution in [0.2, 0.25) is 0 Å². The molecular weight excluding hydrogens is 442 g/mol. The number of aromatic nitrogens is 1. The Hall–Kier alpha value is -4.30. The largest absolute Gasteiger partial charge is 0.478 e. The highest BCUT2D eigenvalue weighted by Gasteiger charge is 2.22. The Morgan fingerprint density at radius 2 is 1.56 bits per heavy atom. The van der Waals surface area contributed by atoms with Crippen molar-refractivity contribution in [1.29, 1.82) is 0 Å². The molecule has 4 aromatic rings. The van der Waals surface area contributed by atoms with Gasteiger partial charge in [-0.05, 0) is 53.9 Å². The van der Waals surface area contributed by atoms with Gasteiger partial charge in [-0.2, -0.15) is 4.98 Å². The van der Waals surface area contributed by atoms with E-state index in [1.54, 1.807) is 18.2 Å². The maximum absolute atomic E-state index is 14.8. The molecule has 0 radical (unpaired) electrons. The fourth-order valence-corrected chi connectivity index (χ4v) is 3.31. The first-order chi connectivity index (χ1) is 16.4. The van der Waals surface area contributed by atoms with E-state index in [1.165, 1.54) is 31.2 Å². The van der Waals surface area contributed by atoms with Crippen LogP contribution in [0.3, 0.4) is 0 Å². The monoisotopic (exact) mass is 462 g/mol. The van der Waals surface area contributed by atoms with Crippen LogP contribution < -0.4 is 15.2 Å². The Balaban J connectivity index is 1.68. The van der Waals surface area contributed by atoms with Crippen LogP contribution in [-0.4, -0.2) is 16.1 Å². The second-order valence-corrected chi connectivity index (χ2v) is 7.41. The molecule has 0 aliphatic heterocycles. The highest BCUT2D eigenvalue weighted by Crippen LogP contribution is 2.34. The van der Waals surface area contributed by atoms with E-state index in [-0.39, 0.29) is 22.6 Å². The van der Waals surface area contributed by atoms with Crippen molar-refractivity contribution in [1.82, 2.24) is 4.98 Å². The standard InChI is InChI=1S/C26H20F2N2O4/c1-15-22(27)24(30-25(23(15)28)34-21-11-3-2-10-20(21)26(31)32)33-19-9-5-8-18(13-19)17-7-4-6-16(12-17)14-29/h2-13H,14,29H2,1H3,(H,31,32). The van der Waals surface area contributed by atoms with Crippen molar-refractivity contribution in [2.24, 2.45) is 5.73 Å². The summed E-state index contributed by atoms with van der Waals surface area (Å²) in [6, 6.07) is 20.2. The van der Waals surface area contributed by atoms with E-state index in [1.807, 2.05) is 30.3 Å². The summed E-state index contributed by atoms with van der Waals surface area (Å²) in [5.41, 5.74) is 7.80. The summed E-state index contributed by atoms with van der Waals surface area (Å²) in [5.74, 6) is -4.29. The number of rotatable bonds is 7. The van der Waals surface area contributed by atoms with Crippen molar-refractivity contribution in [3.8, 4) is 34.4 Å². The van der Waals surface area contributed by atoms with Gasteiger partial charge in [0.05, 0.1) is 0 Å². The number of nitrogens with two attached hydrogens (primary N) is 1. The van der Waals surface area contributed by atoms with Crippen molar-refractivity contribution in [3.63, 3.8) is 0 Å². The first-order valence-corrected chi connectivity index (χ1v) is 10.3. The van der Waals surface area contributed by atoms with Crippen LogP contribution >= 0.6 is 0 Å². The number of para-hydroxylation sites is 1. The maximum atomic E-state index is 14.8. The zero-order chi connectivity index (χ0) is 24.2. The summed E-state index contributed by atoms with van der Waals surface area (Å²) < 4.78 is 40.6. The summed E-state index contributed by atoms with van der Waals surface area (Å²) in [5, 5.41) is 9.33. The van der Waals surface area contributed by atoms with Gasteiger partial charge in [0.2, 0.25) is 0 Å². The third-order valence-electron chi connectivity index (χ3n) is 5.11. The second-order valence-electron chi connectivity index (χ2n) is 7.41. The molecule has 3 N–H and O–H groups in total. The van der Waals surface area contributed by atoms with Crippen LogP contribution in [0.4, 0.5) is 8.78 Å². The van der Waals surface area contributed by atoms with E-state index in [0.717, 1.165) is 16.7 Å². The number of benzene rings is 3. The Kier molecular flexibility index (Phi) is 6.51. The molecule has 1 aromatic heterocycles. The molecule has 1 heterocycles.